The second-order valence-electron chi connectivity index (χ2n) is 7.48. The number of halogens is 2. The molecule has 0 radical (unpaired) electrons. The molecule has 0 saturated carbocycles. The number of para-hydroxylation sites is 1. The van der Waals surface area contributed by atoms with Crippen molar-refractivity contribution in [2.45, 2.75) is 25.5 Å². The van der Waals surface area contributed by atoms with Crippen molar-refractivity contribution < 1.29 is 44.5 Å². The molecule has 4 nitrogen and oxygen atoms in total. The minimum absolute atomic E-state index is 0. The van der Waals surface area contributed by atoms with Crippen LogP contribution in [0.5, 0.6) is 5.75 Å². The van der Waals surface area contributed by atoms with Gasteiger partial charge in [0.2, 0.25) is 0 Å². The molecule has 0 aliphatic carbocycles. The third kappa shape index (κ3) is 7.98. The van der Waals surface area contributed by atoms with Gasteiger partial charge < -0.3 is 44.5 Å². The summed E-state index contributed by atoms with van der Waals surface area (Å²) in [5.41, 5.74) is 1.43. The minimum atomic E-state index is -0.409. The van der Waals surface area contributed by atoms with Crippen molar-refractivity contribution in [3.05, 3.63) is 66.2 Å². The Kier molecular flexibility index (Phi) is 11.5. The molecule has 0 amide bonds. The number of nitrogens with one attached hydrogen (secondary N) is 2. The van der Waals surface area contributed by atoms with Gasteiger partial charge in [-0.15, -0.1) is 0 Å². The summed E-state index contributed by atoms with van der Waals surface area (Å²) >= 11 is 0. The first kappa shape index (κ1) is 24.7. The predicted octanol–water partition coefficient (Wildman–Crippen LogP) is -6.15. The highest BCUT2D eigenvalue weighted by molar-refractivity contribution is 5.20. The highest BCUT2D eigenvalue weighted by atomic mass is 35.5. The standard InChI is InChI=1S/C22H30N2O2.2ClH/c1-19(16-20-8-4-2-5-9-20)24-14-12-23(13-15-24)17-21(25)18-26-22-10-6-3-7-11-22;;/h2-11,19,21,25H,12-18H2,1H3;2*1H. The average Bonchev–Trinajstić information content (AvgIpc) is 2.68. The van der Waals surface area contributed by atoms with Crippen LogP contribution in [-0.2, 0) is 6.42 Å². The van der Waals surface area contributed by atoms with Crippen molar-refractivity contribution in [3.8, 4) is 5.75 Å². The number of rotatable bonds is 8. The maximum Gasteiger partial charge on any atom is 0.137 e. The summed E-state index contributed by atoms with van der Waals surface area (Å²) in [5, 5.41) is 10.3. The highest BCUT2D eigenvalue weighted by Gasteiger charge is 2.28. The minimum Gasteiger partial charge on any atom is -1.00 e. The number of hydrogen-bond donors (Lipinski definition) is 3. The van der Waals surface area contributed by atoms with E-state index in [2.05, 4.69) is 37.3 Å². The number of benzene rings is 2. The maximum absolute atomic E-state index is 10.3. The van der Waals surface area contributed by atoms with Gasteiger partial charge >= 0.3 is 0 Å². The largest absolute Gasteiger partial charge is 1.00 e. The molecule has 0 aromatic heterocycles. The number of aliphatic hydroxyl groups excluding tert-OH is 1. The van der Waals surface area contributed by atoms with Crippen molar-refractivity contribution in [2.75, 3.05) is 39.3 Å². The van der Waals surface area contributed by atoms with E-state index in [-0.39, 0.29) is 24.8 Å². The number of aliphatic hydroxyl groups is 1. The van der Waals surface area contributed by atoms with E-state index in [9.17, 15) is 5.11 Å². The van der Waals surface area contributed by atoms with E-state index >= 15 is 0 Å². The zero-order valence-corrected chi connectivity index (χ0v) is 18.0. The van der Waals surface area contributed by atoms with Crippen molar-refractivity contribution in [1.82, 2.24) is 0 Å². The summed E-state index contributed by atoms with van der Waals surface area (Å²) in [6.07, 6.45) is 0.729. The van der Waals surface area contributed by atoms with Gasteiger partial charge in [0.25, 0.3) is 0 Å². The van der Waals surface area contributed by atoms with Crippen LogP contribution < -0.4 is 39.4 Å². The molecule has 0 spiro atoms. The average molecular weight is 427 g/mol. The topological polar surface area (TPSA) is 38.3 Å². The fourth-order valence-electron chi connectivity index (χ4n) is 3.83. The Balaban J connectivity index is 0.00000196. The van der Waals surface area contributed by atoms with Crippen LogP contribution in [0.15, 0.2) is 60.7 Å². The van der Waals surface area contributed by atoms with Gasteiger partial charge in [-0.2, -0.15) is 0 Å². The molecule has 1 aliphatic heterocycles. The van der Waals surface area contributed by atoms with Crippen LogP contribution in [0.3, 0.4) is 0 Å². The van der Waals surface area contributed by atoms with Crippen molar-refractivity contribution in [1.29, 1.82) is 0 Å². The smallest absolute Gasteiger partial charge is 0.137 e. The summed E-state index contributed by atoms with van der Waals surface area (Å²) in [6, 6.07) is 21.1. The molecule has 1 fully saturated rings. The zero-order chi connectivity index (χ0) is 18.2. The fraction of sp³-hybridized carbons (Fsp3) is 0.455. The Bertz CT molecular complexity index is 637. The molecule has 6 heteroatoms. The monoisotopic (exact) mass is 426 g/mol. The van der Waals surface area contributed by atoms with E-state index in [0.717, 1.165) is 31.8 Å². The summed E-state index contributed by atoms with van der Waals surface area (Å²) in [6.45, 7) is 8.09. The van der Waals surface area contributed by atoms with E-state index in [4.69, 9.17) is 4.74 Å². The molecule has 2 unspecified atom stereocenters. The number of hydrogen-bond acceptors (Lipinski definition) is 2. The number of ether oxygens (including phenoxy) is 1. The van der Waals surface area contributed by atoms with Crippen LogP contribution in [0.2, 0.25) is 0 Å². The maximum atomic E-state index is 10.3. The van der Waals surface area contributed by atoms with Gasteiger partial charge in [-0.1, -0.05) is 48.5 Å². The van der Waals surface area contributed by atoms with Gasteiger partial charge in [-0.25, -0.2) is 0 Å². The van der Waals surface area contributed by atoms with Crippen molar-refractivity contribution in [3.63, 3.8) is 0 Å². The Morgan fingerprint density at radius 2 is 1.46 bits per heavy atom. The van der Waals surface area contributed by atoms with Crippen LogP contribution in [0.1, 0.15) is 12.5 Å². The van der Waals surface area contributed by atoms with E-state index < -0.39 is 6.10 Å². The number of piperazine rings is 1. The van der Waals surface area contributed by atoms with Gasteiger partial charge in [-0.3, -0.25) is 0 Å². The molecule has 1 aliphatic rings. The van der Waals surface area contributed by atoms with E-state index in [0.29, 0.717) is 12.6 Å². The molecule has 3 rings (SSSR count). The SMILES string of the molecule is CC(Cc1ccccc1)[NH+]1CC[NH+](CC(O)COc2ccccc2)CC1.[Cl-].[Cl-]. The summed E-state index contributed by atoms with van der Waals surface area (Å²) in [4.78, 5) is 3.18. The van der Waals surface area contributed by atoms with Crippen LogP contribution in [0, 0.1) is 0 Å². The molecule has 28 heavy (non-hydrogen) atoms. The normalized spacial score (nSPS) is 20.9. The third-order valence-corrected chi connectivity index (χ3v) is 5.39. The lowest BCUT2D eigenvalue weighted by Crippen LogP contribution is -3.30. The summed E-state index contributed by atoms with van der Waals surface area (Å²) in [5.74, 6) is 0.825. The van der Waals surface area contributed by atoms with Crippen LogP contribution >= 0.6 is 0 Å². The molecule has 2 atom stereocenters. The Morgan fingerprint density at radius 1 is 0.893 bits per heavy atom. The molecule has 2 aromatic carbocycles. The van der Waals surface area contributed by atoms with Gasteiger partial charge in [0, 0.05) is 6.42 Å². The molecular formula is C22H32Cl2N2O2. The quantitative estimate of drug-likeness (QED) is 0.393. The predicted molar refractivity (Wildman–Crippen MR) is 104 cm³/mol. The molecule has 3 N–H and O–H groups in total. The Morgan fingerprint density at radius 3 is 2.07 bits per heavy atom. The Hall–Kier alpha value is -1.30. The first-order valence-corrected chi connectivity index (χ1v) is 9.78. The van der Waals surface area contributed by atoms with Crippen molar-refractivity contribution >= 4 is 0 Å². The van der Waals surface area contributed by atoms with Crippen molar-refractivity contribution in [2.24, 2.45) is 0 Å². The van der Waals surface area contributed by atoms with Gasteiger partial charge in [0.05, 0.1) is 6.04 Å². The lowest BCUT2D eigenvalue weighted by Gasteiger charge is -2.34. The van der Waals surface area contributed by atoms with E-state index in [1.807, 2.05) is 30.3 Å². The first-order valence-electron chi connectivity index (χ1n) is 9.78. The molecule has 156 valence electrons. The molecule has 2 aromatic rings. The lowest BCUT2D eigenvalue weighted by molar-refractivity contribution is -1.02. The second kappa shape index (κ2) is 13.0. The molecular weight excluding hydrogens is 395 g/mol. The van der Waals surface area contributed by atoms with Gasteiger partial charge in [0.1, 0.15) is 51.2 Å². The zero-order valence-electron chi connectivity index (χ0n) is 16.5. The van der Waals surface area contributed by atoms with Crippen LogP contribution in [-0.4, -0.2) is 56.6 Å². The van der Waals surface area contributed by atoms with E-state index in [1.54, 1.807) is 4.90 Å². The third-order valence-electron chi connectivity index (χ3n) is 5.39. The van der Waals surface area contributed by atoms with E-state index in [1.165, 1.54) is 23.6 Å². The molecule has 0 bridgehead atoms. The van der Waals surface area contributed by atoms with Crippen LogP contribution in [0.4, 0.5) is 0 Å². The van der Waals surface area contributed by atoms with Gasteiger partial charge in [0.15, 0.2) is 0 Å². The second-order valence-corrected chi connectivity index (χ2v) is 7.48. The summed E-state index contributed by atoms with van der Waals surface area (Å²) < 4.78 is 5.67. The first-order chi connectivity index (χ1) is 12.7. The Labute approximate surface area is 181 Å². The summed E-state index contributed by atoms with van der Waals surface area (Å²) in [7, 11) is 0. The lowest BCUT2D eigenvalue weighted by atomic mass is 10.1. The highest BCUT2D eigenvalue weighted by Crippen LogP contribution is 2.08. The van der Waals surface area contributed by atoms with Gasteiger partial charge in [-0.05, 0) is 24.6 Å². The molecule has 1 heterocycles. The molecule has 1 saturated heterocycles. The fourth-order valence-corrected chi connectivity index (χ4v) is 3.83. The van der Waals surface area contributed by atoms with Crippen LogP contribution in [0.25, 0.3) is 0 Å². The number of quaternary nitrogens is 2.